The Morgan fingerprint density at radius 2 is 2.00 bits per heavy atom. The van der Waals surface area contributed by atoms with Gasteiger partial charge in [0.2, 0.25) is 0 Å². The zero-order chi connectivity index (χ0) is 12.8. The van der Waals surface area contributed by atoms with Gasteiger partial charge in [-0.25, -0.2) is 9.97 Å². The summed E-state index contributed by atoms with van der Waals surface area (Å²) in [5.74, 6) is 0. The van der Waals surface area contributed by atoms with Crippen molar-refractivity contribution in [1.29, 1.82) is 0 Å². The van der Waals surface area contributed by atoms with Crippen molar-refractivity contribution in [2.75, 3.05) is 0 Å². The summed E-state index contributed by atoms with van der Waals surface area (Å²) in [7, 11) is 0. The molecule has 18 heavy (non-hydrogen) atoms. The molecule has 1 atom stereocenters. The lowest BCUT2D eigenvalue weighted by atomic mass is 10.0. The Balaban J connectivity index is 1.99. The highest BCUT2D eigenvalue weighted by atomic mass is 79.9. The van der Waals surface area contributed by atoms with E-state index in [0.717, 1.165) is 23.1 Å². The fourth-order valence-corrected chi connectivity index (χ4v) is 2.11. The van der Waals surface area contributed by atoms with Gasteiger partial charge in [0, 0.05) is 23.3 Å². The third-order valence-corrected chi connectivity index (χ3v) is 3.38. The minimum Gasteiger partial charge on any atom is -0.304 e. The molecule has 0 saturated carbocycles. The Morgan fingerprint density at radius 3 is 2.61 bits per heavy atom. The summed E-state index contributed by atoms with van der Waals surface area (Å²) in [5.41, 5.74) is 2.32. The standard InChI is InChI=1S/C14H16BrN3/c1-2-14(11-3-5-12(15)6-4-11)17-9-13-7-8-16-10-18-13/h3-8,10,14,17H,2,9H2,1H3. The number of aromatic nitrogens is 2. The largest absolute Gasteiger partial charge is 0.304 e. The second-order valence-corrected chi connectivity index (χ2v) is 5.01. The molecule has 0 aliphatic carbocycles. The van der Waals surface area contributed by atoms with Crippen LogP contribution in [0.25, 0.3) is 0 Å². The predicted molar refractivity (Wildman–Crippen MR) is 76.0 cm³/mol. The number of nitrogens with one attached hydrogen (secondary N) is 1. The van der Waals surface area contributed by atoms with Gasteiger partial charge in [-0.15, -0.1) is 0 Å². The molecule has 94 valence electrons. The van der Waals surface area contributed by atoms with Crippen LogP contribution in [0.2, 0.25) is 0 Å². The van der Waals surface area contributed by atoms with Crippen LogP contribution in [0.5, 0.6) is 0 Å². The van der Waals surface area contributed by atoms with E-state index in [2.05, 4.69) is 62.4 Å². The number of nitrogens with zero attached hydrogens (tertiary/aromatic N) is 2. The molecule has 0 radical (unpaired) electrons. The Kier molecular flexibility index (Phi) is 4.84. The van der Waals surface area contributed by atoms with E-state index < -0.39 is 0 Å². The molecule has 0 saturated heterocycles. The van der Waals surface area contributed by atoms with Gasteiger partial charge in [0.05, 0.1) is 5.69 Å². The SMILES string of the molecule is CCC(NCc1ccncn1)c1ccc(Br)cc1. The van der Waals surface area contributed by atoms with Crippen LogP contribution in [-0.2, 0) is 6.54 Å². The van der Waals surface area contributed by atoms with Crippen molar-refractivity contribution in [1.82, 2.24) is 15.3 Å². The van der Waals surface area contributed by atoms with E-state index in [1.807, 2.05) is 6.07 Å². The molecule has 4 heteroatoms. The van der Waals surface area contributed by atoms with Crippen molar-refractivity contribution >= 4 is 15.9 Å². The van der Waals surface area contributed by atoms with Gasteiger partial charge in [-0.3, -0.25) is 0 Å². The van der Waals surface area contributed by atoms with E-state index in [1.54, 1.807) is 12.5 Å². The first-order valence-electron chi connectivity index (χ1n) is 6.03. The molecule has 1 N–H and O–H groups in total. The number of hydrogen-bond donors (Lipinski definition) is 1. The van der Waals surface area contributed by atoms with Gasteiger partial charge < -0.3 is 5.32 Å². The third-order valence-electron chi connectivity index (χ3n) is 2.85. The zero-order valence-corrected chi connectivity index (χ0v) is 11.9. The van der Waals surface area contributed by atoms with E-state index in [9.17, 15) is 0 Å². The van der Waals surface area contributed by atoms with Gasteiger partial charge in [-0.05, 0) is 30.2 Å². The minimum atomic E-state index is 0.355. The quantitative estimate of drug-likeness (QED) is 0.919. The van der Waals surface area contributed by atoms with Crippen LogP contribution in [0.15, 0.2) is 47.3 Å². The molecule has 2 aromatic rings. The summed E-state index contributed by atoms with van der Waals surface area (Å²) in [6.45, 7) is 2.94. The Bertz CT molecular complexity index is 470. The van der Waals surface area contributed by atoms with Crippen molar-refractivity contribution in [3.8, 4) is 0 Å². The van der Waals surface area contributed by atoms with Crippen molar-refractivity contribution < 1.29 is 0 Å². The number of halogens is 1. The minimum absolute atomic E-state index is 0.355. The first kappa shape index (κ1) is 13.2. The maximum absolute atomic E-state index is 4.21. The average Bonchev–Trinajstić information content (AvgIpc) is 2.42. The van der Waals surface area contributed by atoms with Crippen LogP contribution in [0.1, 0.15) is 30.6 Å². The molecular formula is C14H16BrN3. The van der Waals surface area contributed by atoms with Gasteiger partial charge in [0.1, 0.15) is 6.33 Å². The normalized spacial score (nSPS) is 12.3. The lowest BCUT2D eigenvalue weighted by Gasteiger charge is -2.17. The molecule has 1 aromatic carbocycles. The number of hydrogen-bond acceptors (Lipinski definition) is 3. The molecule has 1 heterocycles. The van der Waals surface area contributed by atoms with Gasteiger partial charge in [-0.2, -0.15) is 0 Å². The van der Waals surface area contributed by atoms with Crippen LogP contribution >= 0.6 is 15.9 Å². The topological polar surface area (TPSA) is 37.8 Å². The summed E-state index contributed by atoms with van der Waals surface area (Å²) < 4.78 is 1.11. The van der Waals surface area contributed by atoms with Gasteiger partial charge in [0.15, 0.2) is 0 Å². The van der Waals surface area contributed by atoms with Crippen LogP contribution in [0.3, 0.4) is 0 Å². The summed E-state index contributed by atoms with van der Waals surface area (Å²) in [4.78, 5) is 8.13. The molecule has 0 spiro atoms. The Morgan fingerprint density at radius 1 is 1.22 bits per heavy atom. The van der Waals surface area contributed by atoms with Gasteiger partial charge >= 0.3 is 0 Å². The highest BCUT2D eigenvalue weighted by Crippen LogP contribution is 2.19. The second kappa shape index (κ2) is 6.61. The monoisotopic (exact) mass is 305 g/mol. The fraction of sp³-hybridized carbons (Fsp3) is 0.286. The maximum atomic E-state index is 4.21. The Hall–Kier alpha value is -1.26. The van der Waals surface area contributed by atoms with E-state index in [4.69, 9.17) is 0 Å². The average molecular weight is 306 g/mol. The maximum Gasteiger partial charge on any atom is 0.115 e. The molecule has 0 amide bonds. The molecule has 0 bridgehead atoms. The predicted octanol–water partition coefficient (Wildman–Crippen LogP) is 3.48. The molecule has 1 aromatic heterocycles. The highest BCUT2D eigenvalue weighted by molar-refractivity contribution is 9.10. The summed E-state index contributed by atoms with van der Waals surface area (Å²) >= 11 is 3.45. The first-order valence-corrected chi connectivity index (χ1v) is 6.82. The smallest absolute Gasteiger partial charge is 0.115 e. The summed E-state index contributed by atoms with van der Waals surface area (Å²) in [6, 6.07) is 10.7. The molecule has 3 nitrogen and oxygen atoms in total. The number of rotatable bonds is 5. The van der Waals surface area contributed by atoms with Crippen LogP contribution in [0, 0.1) is 0 Å². The lowest BCUT2D eigenvalue weighted by Crippen LogP contribution is -2.20. The second-order valence-electron chi connectivity index (χ2n) is 4.09. The van der Waals surface area contributed by atoms with Gasteiger partial charge in [0.25, 0.3) is 0 Å². The van der Waals surface area contributed by atoms with Gasteiger partial charge in [-0.1, -0.05) is 35.0 Å². The van der Waals surface area contributed by atoms with Crippen molar-refractivity contribution in [3.05, 3.63) is 58.6 Å². The first-order chi connectivity index (χ1) is 8.79. The molecular weight excluding hydrogens is 290 g/mol. The highest BCUT2D eigenvalue weighted by Gasteiger charge is 2.08. The van der Waals surface area contributed by atoms with Crippen LogP contribution < -0.4 is 5.32 Å². The Labute approximate surface area is 116 Å². The van der Waals surface area contributed by atoms with E-state index in [0.29, 0.717) is 6.04 Å². The zero-order valence-electron chi connectivity index (χ0n) is 10.3. The molecule has 2 rings (SSSR count). The summed E-state index contributed by atoms with van der Waals surface area (Å²) in [5, 5.41) is 3.52. The molecule has 0 aliphatic heterocycles. The third kappa shape index (κ3) is 3.62. The van der Waals surface area contributed by atoms with Crippen LogP contribution in [0.4, 0.5) is 0 Å². The van der Waals surface area contributed by atoms with Crippen molar-refractivity contribution in [2.45, 2.75) is 25.9 Å². The van der Waals surface area contributed by atoms with Crippen molar-refractivity contribution in [3.63, 3.8) is 0 Å². The van der Waals surface area contributed by atoms with E-state index in [-0.39, 0.29) is 0 Å². The number of benzene rings is 1. The van der Waals surface area contributed by atoms with E-state index >= 15 is 0 Å². The van der Waals surface area contributed by atoms with Crippen LogP contribution in [-0.4, -0.2) is 9.97 Å². The lowest BCUT2D eigenvalue weighted by molar-refractivity contribution is 0.514. The molecule has 0 aliphatic rings. The van der Waals surface area contributed by atoms with E-state index in [1.165, 1.54) is 5.56 Å². The fourth-order valence-electron chi connectivity index (χ4n) is 1.84. The molecule has 0 fully saturated rings. The van der Waals surface area contributed by atoms with Crippen molar-refractivity contribution in [2.24, 2.45) is 0 Å². The molecule has 1 unspecified atom stereocenters. The summed E-state index contributed by atoms with van der Waals surface area (Å²) in [6.07, 6.45) is 4.40.